The lowest BCUT2D eigenvalue weighted by atomic mass is 9.99. The van der Waals surface area contributed by atoms with Gasteiger partial charge >= 0.3 is 5.97 Å². The van der Waals surface area contributed by atoms with Gasteiger partial charge in [0, 0.05) is 0 Å². The van der Waals surface area contributed by atoms with Crippen LogP contribution in [0.5, 0.6) is 0 Å². The molecule has 1 unspecified atom stereocenters. The van der Waals surface area contributed by atoms with Crippen molar-refractivity contribution in [2.45, 2.75) is 48.0 Å². The SMILES string of the molecule is CC(C)C(C)C(=O)O.CCC(C)C. The van der Waals surface area contributed by atoms with Crippen LogP contribution in [0.1, 0.15) is 48.0 Å². The predicted octanol–water partition coefficient (Wildman–Crippen LogP) is 3.42. The second-order valence-corrected chi connectivity index (χ2v) is 4.17. The first kappa shape index (κ1) is 15.0. The van der Waals surface area contributed by atoms with Crippen molar-refractivity contribution >= 4 is 5.97 Å². The molecule has 13 heavy (non-hydrogen) atoms. The number of hydrogen-bond acceptors (Lipinski definition) is 1. The van der Waals surface area contributed by atoms with Crippen molar-refractivity contribution in [3.63, 3.8) is 0 Å². The standard InChI is InChI=1S/C6H12O2.C5H12/c1-4(2)5(3)6(7)8;1-4-5(2)3/h4-5H,1-3H3,(H,7,8);5H,4H2,1-3H3. The summed E-state index contributed by atoms with van der Waals surface area (Å²) in [6.07, 6.45) is 1.31. The monoisotopic (exact) mass is 188 g/mol. The molecule has 0 saturated carbocycles. The molecule has 0 aromatic carbocycles. The maximum Gasteiger partial charge on any atom is 0.306 e. The Morgan fingerprint density at radius 1 is 1.15 bits per heavy atom. The van der Waals surface area contributed by atoms with Crippen LogP contribution in [0, 0.1) is 17.8 Å². The first-order chi connectivity index (χ1) is 5.82. The van der Waals surface area contributed by atoms with Gasteiger partial charge in [-0.15, -0.1) is 0 Å². The molecule has 0 amide bonds. The van der Waals surface area contributed by atoms with E-state index in [0.717, 1.165) is 5.92 Å². The predicted molar refractivity (Wildman–Crippen MR) is 56.8 cm³/mol. The Balaban J connectivity index is 0. The highest BCUT2D eigenvalue weighted by atomic mass is 16.4. The fraction of sp³-hybridized carbons (Fsp3) is 0.909. The summed E-state index contributed by atoms with van der Waals surface area (Å²) < 4.78 is 0. The number of rotatable bonds is 3. The molecule has 0 aliphatic rings. The summed E-state index contributed by atoms with van der Waals surface area (Å²) in [4.78, 5) is 10.1. The van der Waals surface area contributed by atoms with Gasteiger partial charge < -0.3 is 5.11 Å². The maximum atomic E-state index is 10.1. The molecule has 2 nitrogen and oxygen atoms in total. The lowest BCUT2D eigenvalue weighted by molar-refractivity contribution is -0.142. The van der Waals surface area contributed by atoms with Crippen molar-refractivity contribution in [2.75, 3.05) is 0 Å². The van der Waals surface area contributed by atoms with Crippen LogP contribution >= 0.6 is 0 Å². The molecule has 0 aromatic heterocycles. The first-order valence-corrected chi connectivity index (χ1v) is 5.05. The van der Waals surface area contributed by atoms with E-state index in [4.69, 9.17) is 5.11 Å². The van der Waals surface area contributed by atoms with Crippen LogP contribution in [0.15, 0.2) is 0 Å². The van der Waals surface area contributed by atoms with Gasteiger partial charge in [0.1, 0.15) is 0 Å². The quantitative estimate of drug-likeness (QED) is 0.737. The minimum Gasteiger partial charge on any atom is -0.481 e. The van der Waals surface area contributed by atoms with Gasteiger partial charge in [-0.1, -0.05) is 48.0 Å². The van der Waals surface area contributed by atoms with E-state index in [0.29, 0.717) is 0 Å². The van der Waals surface area contributed by atoms with Crippen LogP contribution in [0.4, 0.5) is 0 Å². The Morgan fingerprint density at radius 3 is 1.46 bits per heavy atom. The van der Waals surface area contributed by atoms with E-state index >= 15 is 0 Å². The fourth-order valence-electron chi connectivity index (χ4n) is 0.285. The van der Waals surface area contributed by atoms with E-state index in [1.807, 2.05) is 13.8 Å². The fourth-order valence-corrected chi connectivity index (χ4v) is 0.285. The molecule has 0 rings (SSSR count). The third-order valence-corrected chi connectivity index (χ3v) is 2.21. The molecule has 0 heterocycles. The molecule has 0 aromatic rings. The summed E-state index contributed by atoms with van der Waals surface area (Å²) in [5.74, 6) is 0.206. The van der Waals surface area contributed by atoms with Crippen molar-refractivity contribution in [2.24, 2.45) is 17.8 Å². The Bertz CT molecular complexity index is 128. The number of carbonyl (C=O) groups is 1. The molecule has 1 atom stereocenters. The highest BCUT2D eigenvalue weighted by Gasteiger charge is 2.13. The molecular formula is C11H24O2. The van der Waals surface area contributed by atoms with E-state index in [1.54, 1.807) is 6.92 Å². The number of carboxylic acid groups (broad SMARTS) is 1. The van der Waals surface area contributed by atoms with Gasteiger partial charge in [0.15, 0.2) is 0 Å². The summed E-state index contributed by atoms with van der Waals surface area (Å²) in [7, 11) is 0. The Labute approximate surface area is 82.4 Å². The first-order valence-electron chi connectivity index (χ1n) is 5.05. The molecule has 0 spiro atoms. The normalized spacial score (nSPS) is 12.3. The maximum absolute atomic E-state index is 10.1. The lowest BCUT2D eigenvalue weighted by Crippen LogP contribution is -2.15. The molecule has 0 fully saturated rings. The van der Waals surface area contributed by atoms with Crippen molar-refractivity contribution in [1.82, 2.24) is 0 Å². The average molecular weight is 188 g/mol. The highest BCUT2D eigenvalue weighted by molar-refractivity contribution is 5.69. The number of hydrogen-bond donors (Lipinski definition) is 1. The van der Waals surface area contributed by atoms with Crippen LogP contribution < -0.4 is 0 Å². The summed E-state index contributed by atoms with van der Waals surface area (Å²) in [6, 6.07) is 0. The molecule has 1 N–H and O–H groups in total. The average Bonchev–Trinajstić information content (AvgIpc) is 2.03. The molecule has 2 heteroatoms. The number of carboxylic acids is 1. The summed E-state index contributed by atoms with van der Waals surface area (Å²) in [6.45, 7) is 12.2. The van der Waals surface area contributed by atoms with Crippen molar-refractivity contribution in [1.29, 1.82) is 0 Å². The van der Waals surface area contributed by atoms with Crippen LogP contribution in [0.2, 0.25) is 0 Å². The van der Waals surface area contributed by atoms with Gasteiger partial charge in [0.05, 0.1) is 5.92 Å². The van der Waals surface area contributed by atoms with Crippen LogP contribution in [0.3, 0.4) is 0 Å². The molecular weight excluding hydrogens is 164 g/mol. The van der Waals surface area contributed by atoms with E-state index < -0.39 is 5.97 Å². The lowest BCUT2D eigenvalue weighted by Gasteiger charge is -2.07. The Hall–Kier alpha value is -0.530. The smallest absolute Gasteiger partial charge is 0.306 e. The summed E-state index contributed by atoms with van der Waals surface area (Å²) in [5, 5.41) is 8.35. The Morgan fingerprint density at radius 2 is 1.46 bits per heavy atom. The molecule has 0 radical (unpaired) electrons. The van der Waals surface area contributed by atoms with E-state index in [2.05, 4.69) is 20.8 Å². The second kappa shape index (κ2) is 8.09. The summed E-state index contributed by atoms with van der Waals surface area (Å²) in [5.41, 5.74) is 0. The van der Waals surface area contributed by atoms with Crippen molar-refractivity contribution in [3.05, 3.63) is 0 Å². The van der Waals surface area contributed by atoms with Gasteiger partial charge in [-0.3, -0.25) is 4.79 Å². The third kappa shape index (κ3) is 11.5. The van der Waals surface area contributed by atoms with Crippen LogP contribution in [0.25, 0.3) is 0 Å². The van der Waals surface area contributed by atoms with Gasteiger partial charge in [0.2, 0.25) is 0 Å². The van der Waals surface area contributed by atoms with Crippen molar-refractivity contribution in [3.8, 4) is 0 Å². The Kier molecular flexibility index (Phi) is 9.31. The minimum atomic E-state index is -0.708. The third-order valence-electron chi connectivity index (χ3n) is 2.21. The summed E-state index contributed by atoms with van der Waals surface area (Å²) >= 11 is 0. The topological polar surface area (TPSA) is 37.3 Å². The number of aliphatic carboxylic acids is 1. The molecule has 0 aliphatic heterocycles. The molecule has 0 aliphatic carbocycles. The van der Waals surface area contributed by atoms with Gasteiger partial charge in [0.25, 0.3) is 0 Å². The second-order valence-electron chi connectivity index (χ2n) is 4.17. The molecule has 0 bridgehead atoms. The zero-order valence-electron chi connectivity index (χ0n) is 9.79. The zero-order chi connectivity index (χ0) is 11.0. The van der Waals surface area contributed by atoms with Crippen LogP contribution in [-0.2, 0) is 4.79 Å². The van der Waals surface area contributed by atoms with Crippen LogP contribution in [-0.4, -0.2) is 11.1 Å². The van der Waals surface area contributed by atoms with Gasteiger partial charge in [-0.25, -0.2) is 0 Å². The van der Waals surface area contributed by atoms with E-state index in [1.165, 1.54) is 6.42 Å². The largest absolute Gasteiger partial charge is 0.481 e. The molecule has 0 saturated heterocycles. The minimum absolute atomic E-state index is 0.213. The van der Waals surface area contributed by atoms with E-state index in [9.17, 15) is 4.79 Å². The van der Waals surface area contributed by atoms with Gasteiger partial charge in [-0.2, -0.15) is 0 Å². The zero-order valence-corrected chi connectivity index (χ0v) is 9.79. The molecule has 80 valence electrons. The van der Waals surface area contributed by atoms with Gasteiger partial charge in [-0.05, 0) is 11.8 Å². The van der Waals surface area contributed by atoms with E-state index in [-0.39, 0.29) is 11.8 Å². The van der Waals surface area contributed by atoms with Crippen molar-refractivity contribution < 1.29 is 9.90 Å². The highest BCUT2D eigenvalue weighted by Crippen LogP contribution is 2.08.